The third kappa shape index (κ3) is 1.95. The maximum absolute atomic E-state index is 10.6. The van der Waals surface area contributed by atoms with Crippen molar-refractivity contribution in [1.29, 1.82) is 0 Å². The summed E-state index contributed by atoms with van der Waals surface area (Å²) in [5.74, 6) is 0.445. The van der Waals surface area contributed by atoms with Crippen molar-refractivity contribution in [3.8, 4) is 5.75 Å². The van der Waals surface area contributed by atoms with E-state index in [4.69, 9.17) is 4.74 Å². The summed E-state index contributed by atoms with van der Waals surface area (Å²) < 4.78 is 5.57. The number of rotatable bonds is 3. The molecular weight excluding hydrogens is 236 g/mol. The first-order valence-corrected chi connectivity index (χ1v) is 4.30. The van der Waals surface area contributed by atoms with Gasteiger partial charge in [0.1, 0.15) is 12.0 Å². The highest BCUT2D eigenvalue weighted by atomic mass is 79.9. The van der Waals surface area contributed by atoms with Crippen LogP contribution in [0.4, 0.5) is 0 Å². The lowest BCUT2D eigenvalue weighted by molar-refractivity contribution is 0.112. The minimum Gasteiger partial charge on any atom is -0.495 e. The maximum atomic E-state index is 10.6. The number of carbonyl (C=O) groups is 2. The van der Waals surface area contributed by atoms with Crippen LogP contribution in [-0.4, -0.2) is 19.7 Å². The quantitative estimate of drug-likeness (QED) is 0.763. The summed E-state index contributed by atoms with van der Waals surface area (Å²) >= 11 is 3.20. The molecule has 0 atom stereocenters. The summed E-state index contributed by atoms with van der Waals surface area (Å²) in [5.41, 5.74) is 0.800. The Morgan fingerprint density at radius 3 is 2.46 bits per heavy atom. The summed E-state index contributed by atoms with van der Waals surface area (Å²) in [6, 6.07) is 3.07. The Labute approximate surface area is 83.8 Å². The van der Waals surface area contributed by atoms with Crippen molar-refractivity contribution < 1.29 is 14.3 Å². The molecule has 1 aromatic carbocycles. The largest absolute Gasteiger partial charge is 0.495 e. The van der Waals surface area contributed by atoms with Gasteiger partial charge in [0.2, 0.25) is 0 Å². The van der Waals surface area contributed by atoms with Crippen LogP contribution < -0.4 is 4.74 Å². The highest BCUT2D eigenvalue weighted by Gasteiger charge is 2.08. The summed E-state index contributed by atoms with van der Waals surface area (Å²) in [6.45, 7) is 0. The molecule has 68 valence electrons. The van der Waals surface area contributed by atoms with Crippen LogP contribution in [-0.2, 0) is 0 Å². The Morgan fingerprint density at radius 1 is 1.31 bits per heavy atom. The van der Waals surface area contributed by atoms with Gasteiger partial charge in [-0.1, -0.05) is 0 Å². The fraction of sp³-hybridized carbons (Fsp3) is 0.111. The van der Waals surface area contributed by atoms with E-state index in [2.05, 4.69) is 15.9 Å². The molecule has 0 unspecified atom stereocenters. The molecule has 4 heteroatoms. The third-order valence-corrected chi connectivity index (χ3v) is 2.15. The predicted molar refractivity (Wildman–Crippen MR) is 51.5 cm³/mol. The van der Waals surface area contributed by atoms with Gasteiger partial charge in [0, 0.05) is 5.56 Å². The van der Waals surface area contributed by atoms with Gasteiger partial charge in [0.05, 0.1) is 17.1 Å². The number of aldehydes is 2. The van der Waals surface area contributed by atoms with E-state index in [1.165, 1.54) is 13.2 Å². The molecule has 0 aromatic heterocycles. The molecular formula is C9H7BrO3. The van der Waals surface area contributed by atoms with E-state index in [-0.39, 0.29) is 0 Å². The van der Waals surface area contributed by atoms with Crippen LogP contribution in [0.2, 0.25) is 0 Å². The van der Waals surface area contributed by atoms with Crippen LogP contribution in [0.1, 0.15) is 20.7 Å². The first kappa shape index (κ1) is 9.92. The molecule has 0 aliphatic heterocycles. The van der Waals surface area contributed by atoms with Gasteiger partial charge in [-0.2, -0.15) is 0 Å². The second-order valence-electron chi connectivity index (χ2n) is 2.36. The predicted octanol–water partition coefficient (Wildman–Crippen LogP) is 2.08. The second kappa shape index (κ2) is 4.18. The van der Waals surface area contributed by atoms with Gasteiger partial charge in [-0.25, -0.2) is 0 Å². The molecule has 1 aromatic rings. The van der Waals surface area contributed by atoms with Gasteiger partial charge < -0.3 is 4.74 Å². The molecule has 0 aliphatic rings. The Kier molecular flexibility index (Phi) is 3.19. The number of halogens is 1. The lowest BCUT2D eigenvalue weighted by atomic mass is 10.1. The van der Waals surface area contributed by atoms with E-state index in [9.17, 15) is 9.59 Å². The zero-order chi connectivity index (χ0) is 9.84. The zero-order valence-corrected chi connectivity index (χ0v) is 8.50. The van der Waals surface area contributed by atoms with Gasteiger partial charge in [-0.15, -0.1) is 0 Å². The summed E-state index contributed by atoms with van der Waals surface area (Å²) in [5, 5.41) is 0. The van der Waals surface area contributed by atoms with E-state index in [1.807, 2.05) is 0 Å². The van der Waals surface area contributed by atoms with E-state index in [0.29, 0.717) is 33.9 Å². The lowest BCUT2D eigenvalue weighted by Crippen LogP contribution is -1.94. The molecule has 0 amide bonds. The number of methoxy groups -OCH3 is 1. The summed E-state index contributed by atoms with van der Waals surface area (Å²) in [7, 11) is 1.47. The van der Waals surface area contributed by atoms with Crippen LogP contribution >= 0.6 is 15.9 Å². The highest BCUT2D eigenvalue weighted by Crippen LogP contribution is 2.28. The molecule has 0 N–H and O–H groups in total. The minimum atomic E-state index is 0.360. The highest BCUT2D eigenvalue weighted by molar-refractivity contribution is 9.10. The van der Waals surface area contributed by atoms with Crippen LogP contribution in [0.15, 0.2) is 16.6 Å². The lowest BCUT2D eigenvalue weighted by Gasteiger charge is -2.06. The Bertz CT molecular complexity index is 347. The van der Waals surface area contributed by atoms with Crippen LogP contribution in [0.5, 0.6) is 5.75 Å². The average molecular weight is 243 g/mol. The standard InChI is InChI=1S/C9H7BrO3/c1-13-9-7(5-12)2-6(4-11)3-8(9)10/h2-5H,1H3. The van der Waals surface area contributed by atoms with Gasteiger partial charge >= 0.3 is 0 Å². The van der Waals surface area contributed by atoms with Crippen molar-refractivity contribution in [2.45, 2.75) is 0 Å². The maximum Gasteiger partial charge on any atom is 0.153 e. The third-order valence-electron chi connectivity index (χ3n) is 1.56. The molecule has 0 saturated carbocycles. The van der Waals surface area contributed by atoms with Crippen molar-refractivity contribution in [1.82, 2.24) is 0 Å². The smallest absolute Gasteiger partial charge is 0.153 e. The monoisotopic (exact) mass is 242 g/mol. The van der Waals surface area contributed by atoms with Crippen molar-refractivity contribution in [3.63, 3.8) is 0 Å². The number of ether oxygens (including phenoxy) is 1. The Hall–Kier alpha value is -1.16. The van der Waals surface area contributed by atoms with Gasteiger partial charge in [-0.05, 0) is 28.1 Å². The second-order valence-corrected chi connectivity index (χ2v) is 3.22. The van der Waals surface area contributed by atoms with Gasteiger partial charge in [0.25, 0.3) is 0 Å². The molecule has 13 heavy (non-hydrogen) atoms. The van der Waals surface area contributed by atoms with Crippen LogP contribution in [0, 0.1) is 0 Å². The average Bonchev–Trinajstić information content (AvgIpc) is 2.16. The number of carbonyl (C=O) groups excluding carboxylic acids is 2. The zero-order valence-electron chi connectivity index (χ0n) is 6.91. The molecule has 0 spiro atoms. The first-order valence-electron chi connectivity index (χ1n) is 3.50. The Balaban J connectivity index is 3.36. The van der Waals surface area contributed by atoms with E-state index >= 15 is 0 Å². The summed E-state index contributed by atoms with van der Waals surface area (Å²) in [4.78, 5) is 21.0. The van der Waals surface area contributed by atoms with Crippen molar-refractivity contribution in [3.05, 3.63) is 27.7 Å². The van der Waals surface area contributed by atoms with Crippen molar-refractivity contribution in [2.24, 2.45) is 0 Å². The molecule has 0 bridgehead atoms. The van der Waals surface area contributed by atoms with Crippen LogP contribution in [0.3, 0.4) is 0 Å². The SMILES string of the molecule is COc1c(Br)cc(C=O)cc1C=O. The Morgan fingerprint density at radius 2 is 2.00 bits per heavy atom. The van der Waals surface area contributed by atoms with E-state index in [1.54, 1.807) is 6.07 Å². The molecule has 0 radical (unpaired) electrons. The molecule has 1 rings (SSSR count). The molecule has 0 heterocycles. The number of hydrogen-bond acceptors (Lipinski definition) is 3. The number of benzene rings is 1. The van der Waals surface area contributed by atoms with Gasteiger partial charge in [0.15, 0.2) is 6.29 Å². The fourth-order valence-corrected chi connectivity index (χ4v) is 1.66. The minimum absolute atomic E-state index is 0.360. The van der Waals surface area contributed by atoms with Crippen LogP contribution in [0.25, 0.3) is 0 Å². The molecule has 0 fully saturated rings. The summed E-state index contributed by atoms with van der Waals surface area (Å²) in [6.07, 6.45) is 1.33. The van der Waals surface area contributed by atoms with E-state index < -0.39 is 0 Å². The van der Waals surface area contributed by atoms with Crippen molar-refractivity contribution >= 4 is 28.5 Å². The molecule has 0 aliphatic carbocycles. The molecule has 3 nitrogen and oxygen atoms in total. The fourth-order valence-electron chi connectivity index (χ4n) is 1.01. The molecule has 0 saturated heterocycles. The number of hydrogen-bond donors (Lipinski definition) is 0. The van der Waals surface area contributed by atoms with Crippen molar-refractivity contribution in [2.75, 3.05) is 7.11 Å². The van der Waals surface area contributed by atoms with E-state index in [0.717, 1.165) is 0 Å². The first-order chi connectivity index (χ1) is 6.22. The van der Waals surface area contributed by atoms with Gasteiger partial charge in [-0.3, -0.25) is 9.59 Å². The topological polar surface area (TPSA) is 43.4 Å². The normalized spacial score (nSPS) is 9.38.